The Labute approximate surface area is 166 Å². The van der Waals surface area contributed by atoms with E-state index in [1.807, 2.05) is 36.4 Å². The molecule has 1 aromatic heterocycles. The number of rotatable bonds is 6. The van der Waals surface area contributed by atoms with Crippen LogP contribution in [0.1, 0.15) is 38.7 Å². The van der Waals surface area contributed by atoms with Crippen LogP contribution in [0.15, 0.2) is 48.8 Å². The summed E-state index contributed by atoms with van der Waals surface area (Å²) >= 11 is 0. The van der Waals surface area contributed by atoms with Crippen molar-refractivity contribution in [2.45, 2.75) is 39.7 Å². The summed E-state index contributed by atoms with van der Waals surface area (Å²) in [4.78, 5) is 31.6. The van der Waals surface area contributed by atoms with Gasteiger partial charge in [-0.15, -0.1) is 0 Å². The molecule has 0 spiro atoms. The van der Waals surface area contributed by atoms with Crippen molar-refractivity contribution in [1.29, 1.82) is 0 Å². The van der Waals surface area contributed by atoms with Gasteiger partial charge in [-0.25, -0.2) is 0 Å². The van der Waals surface area contributed by atoms with E-state index in [1.54, 1.807) is 26.2 Å². The van der Waals surface area contributed by atoms with Crippen molar-refractivity contribution in [2.24, 2.45) is 5.41 Å². The van der Waals surface area contributed by atoms with Crippen LogP contribution in [0.5, 0.6) is 0 Å². The second-order valence-corrected chi connectivity index (χ2v) is 7.72. The van der Waals surface area contributed by atoms with E-state index in [1.165, 1.54) is 24.9 Å². The third-order valence-electron chi connectivity index (χ3n) is 5.16. The van der Waals surface area contributed by atoms with Gasteiger partial charge in [-0.05, 0) is 69.0 Å². The topological polar surface area (TPSA) is 74.3 Å². The van der Waals surface area contributed by atoms with Crippen LogP contribution in [-0.2, 0) is 16.1 Å². The van der Waals surface area contributed by atoms with Gasteiger partial charge in [0.2, 0.25) is 11.8 Å². The minimum Gasteiger partial charge on any atom is -0.372 e. The number of carbonyl (C=O) groups is 2. The Kier molecular flexibility index (Phi) is 6.29. The smallest absolute Gasteiger partial charge is 0.239 e. The van der Waals surface area contributed by atoms with Crippen LogP contribution >= 0.6 is 0 Å². The first-order valence-electron chi connectivity index (χ1n) is 9.80. The van der Waals surface area contributed by atoms with Gasteiger partial charge >= 0.3 is 0 Å². The molecule has 6 nitrogen and oxygen atoms in total. The lowest BCUT2D eigenvalue weighted by Crippen LogP contribution is -2.44. The van der Waals surface area contributed by atoms with Crippen molar-refractivity contribution in [2.75, 3.05) is 23.3 Å². The van der Waals surface area contributed by atoms with E-state index in [0.29, 0.717) is 12.2 Å². The molecule has 0 unspecified atom stereocenters. The average Bonchev–Trinajstić information content (AvgIpc) is 2.73. The van der Waals surface area contributed by atoms with E-state index in [-0.39, 0.29) is 11.8 Å². The molecular formula is C22H28N4O2. The number of nitrogens with one attached hydrogen (secondary N) is 2. The average molecular weight is 380 g/mol. The van der Waals surface area contributed by atoms with Gasteiger partial charge in [0.15, 0.2) is 0 Å². The molecule has 0 atom stereocenters. The van der Waals surface area contributed by atoms with Crippen molar-refractivity contribution < 1.29 is 9.59 Å². The summed E-state index contributed by atoms with van der Waals surface area (Å²) in [5.41, 5.74) is 1.57. The highest BCUT2D eigenvalue weighted by Crippen LogP contribution is 2.24. The first kappa shape index (κ1) is 19.9. The molecule has 1 fully saturated rings. The number of pyridine rings is 1. The van der Waals surface area contributed by atoms with Gasteiger partial charge in [-0.1, -0.05) is 6.07 Å². The summed E-state index contributed by atoms with van der Waals surface area (Å²) < 4.78 is 0. The number of benzene rings is 1. The quantitative estimate of drug-likeness (QED) is 0.754. The Morgan fingerprint density at radius 3 is 2.39 bits per heavy atom. The molecule has 2 heterocycles. The SMILES string of the molecule is CC(C)(C(=O)NCc1cccnc1)C(=O)Nc1ccc(N2CCCCC2)cc1. The van der Waals surface area contributed by atoms with Crippen LogP contribution in [0.2, 0.25) is 0 Å². The Hall–Kier alpha value is -2.89. The lowest BCUT2D eigenvalue weighted by molar-refractivity contribution is -0.138. The van der Waals surface area contributed by atoms with Gasteiger partial charge in [0.1, 0.15) is 5.41 Å². The predicted octanol–water partition coefficient (Wildman–Crippen LogP) is 3.35. The highest BCUT2D eigenvalue weighted by molar-refractivity contribution is 6.09. The molecule has 3 rings (SSSR count). The number of aromatic nitrogens is 1. The molecule has 0 bridgehead atoms. The van der Waals surface area contributed by atoms with Gasteiger partial charge in [-0.3, -0.25) is 14.6 Å². The molecule has 0 radical (unpaired) electrons. The normalized spacial score (nSPS) is 14.4. The molecule has 2 N–H and O–H groups in total. The minimum absolute atomic E-state index is 0.321. The van der Waals surface area contributed by atoms with Crippen molar-refractivity contribution in [1.82, 2.24) is 10.3 Å². The molecule has 148 valence electrons. The van der Waals surface area contributed by atoms with Gasteiger partial charge in [-0.2, -0.15) is 0 Å². The second kappa shape index (κ2) is 8.87. The van der Waals surface area contributed by atoms with E-state index in [4.69, 9.17) is 0 Å². The molecule has 0 saturated carbocycles. The summed E-state index contributed by atoms with van der Waals surface area (Å²) in [6.45, 7) is 5.76. The highest BCUT2D eigenvalue weighted by Gasteiger charge is 2.36. The third-order valence-corrected chi connectivity index (χ3v) is 5.16. The lowest BCUT2D eigenvalue weighted by atomic mass is 9.91. The first-order chi connectivity index (χ1) is 13.5. The second-order valence-electron chi connectivity index (χ2n) is 7.72. The maximum Gasteiger partial charge on any atom is 0.239 e. The van der Waals surface area contributed by atoms with Crippen molar-refractivity contribution >= 4 is 23.2 Å². The van der Waals surface area contributed by atoms with E-state index < -0.39 is 5.41 Å². The monoisotopic (exact) mass is 380 g/mol. The summed E-state index contributed by atoms with van der Waals surface area (Å²) in [5, 5.41) is 5.67. The highest BCUT2D eigenvalue weighted by atomic mass is 16.2. The van der Waals surface area contributed by atoms with E-state index in [0.717, 1.165) is 18.7 Å². The molecule has 28 heavy (non-hydrogen) atoms. The summed E-state index contributed by atoms with van der Waals surface area (Å²) in [5.74, 6) is -0.652. The molecule has 2 amide bonds. The van der Waals surface area contributed by atoms with Crippen molar-refractivity contribution in [3.8, 4) is 0 Å². The Bertz CT molecular complexity index is 797. The molecule has 6 heteroatoms. The summed E-state index contributed by atoms with van der Waals surface area (Å²) in [6, 6.07) is 11.5. The van der Waals surface area contributed by atoms with Crippen LogP contribution in [-0.4, -0.2) is 29.9 Å². The number of amides is 2. The van der Waals surface area contributed by atoms with Gasteiger partial charge < -0.3 is 15.5 Å². The van der Waals surface area contributed by atoms with Crippen LogP contribution in [0.4, 0.5) is 11.4 Å². The fourth-order valence-corrected chi connectivity index (χ4v) is 3.20. The van der Waals surface area contributed by atoms with E-state index in [9.17, 15) is 9.59 Å². The standard InChI is InChI=1S/C22H28N4O2/c1-22(2,20(27)24-16-17-7-6-12-23-15-17)21(28)25-18-8-10-19(11-9-18)26-13-4-3-5-14-26/h6-12,15H,3-5,13-14,16H2,1-2H3,(H,24,27)(H,25,28). The molecule has 1 aromatic carbocycles. The minimum atomic E-state index is -1.19. The Morgan fingerprint density at radius 1 is 1.04 bits per heavy atom. The Morgan fingerprint density at radius 2 is 1.75 bits per heavy atom. The Balaban J connectivity index is 1.56. The number of nitrogens with zero attached hydrogens (tertiary/aromatic N) is 2. The maximum atomic E-state index is 12.7. The first-order valence-corrected chi connectivity index (χ1v) is 9.80. The maximum absolute atomic E-state index is 12.7. The van der Waals surface area contributed by atoms with Gasteiger partial charge in [0.25, 0.3) is 0 Å². The van der Waals surface area contributed by atoms with Crippen LogP contribution in [0.25, 0.3) is 0 Å². The number of anilines is 2. The predicted molar refractivity (Wildman–Crippen MR) is 111 cm³/mol. The molecule has 1 aliphatic rings. The third kappa shape index (κ3) is 4.88. The zero-order chi connectivity index (χ0) is 20.0. The van der Waals surface area contributed by atoms with Crippen LogP contribution in [0.3, 0.4) is 0 Å². The summed E-state index contributed by atoms with van der Waals surface area (Å²) in [6.07, 6.45) is 7.11. The molecule has 1 saturated heterocycles. The summed E-state index contributed by atoms with van der Waals surface area (Å²) in [7, 11) is 0. The van der Waals surface area contributed by atoms with Gasteiger partial charge in [0.05, 0.1) is 0 Å². The number of piperidine rings is 1. The number of hydrogen-bond acceptors (Lipinski definition) is 4. The molecule has 0 aliphatic carbocycles. The van der Waals surface area contributed by atoms with E-state index >= 15 is 0 Å². The largest absolute Gasteiger partial charge is 0.372 e. The number of hydrogen-bond donors (Lipinski definition) is 2. The van der Waals surface area contributed by atoms with Crippen molar-refractivity contribution in [3.05, 3.63) is 54.4 Å². The number of carbonyl (C=O) groups excluding carboxylic acids is 2. The van der Waals surface area contributed by atoms with Crippen LogP contribution in [0, 0.1) is 5.41 Å². The van der Waals surface area contributed by atoms with E-state index in [2.05, 4.69) is 20.5 Å². The zero-order valence-corrected chi connectivity index (χ0v) is 16.6. The molecular weight excluding hydrogens is 352 g/mol. The lowest BCUT2D eigenvalue weighted by Gasteiger charge is -2.29. The molecule has 1 aliphatic heterocycles. The fourth-order valence-electron chi connectivity index (χ4n) is 3.20. The molecule has 2 aromatic rings. The van der Waals surface area contributed by atoms with Crippen LogP contribution < -0.4 is 15.5 Å². The zero-order valence-electron chi connectivity index (χ0n) is 16.6. The van der Waals surface area contributed by atoms with Gasteiger partial charge in [0, 0.05) is 43.4 Å². The fraction of sp³-hybridized carbons (Fsp3) is 0.409. The van der Waals surface area contributed by atoms with Crippen molar-refractivity contribution in [3.63, 3.8) is 0 Å².